The number of hydrogen-bond acceptors (Lipinski definition) is 2. The van der Waals surface area contributed by atoms with E-state index in [9.17, 15) is 5.11 Å². The molecule has 0 saturated heterocycles. The molecule has 2 atom stereocenters. The summed E-state index contributed by atoms with van der Waals surface area (Å²) in [5, 5.41) is 10.2. The molecule has 0 aromatic heterocycles. The van der Waals surface area contributed by atoms with E-state index in [2.05, 4.69) is 29.8 Å². The monoisotopic (exact) mass is 300 g/mol. The minimum atomic E-state index is -0.652. The van der Waals surface area contributed by atoms with E-state index in [1.165, 1.54) is 0 Å². The molecule has 1 aromatic rings. The summed E-state index contributed by atoms with van der Waals surface area (Å²) in [6.07, 6.45) is 1.62. The van der Waals surface area contributed by atoms with Crippen molar-refractivity contribution < 1.29 is 9.84 Å². The fourth-order valence-electron chi connectivity index (χ4n) is 1.62. The Bertz CT molecular complexity index is 350. The summed E-state index contributed by atoms with van der Waals surface area (Å²) in [7, 11) is 0. The van der Waals surface area contributed by atoms with Crippen LogP contribution >= 0.6 is 15.9 Å². The highest BCUT2D eigenvalue weighted by Gasteiger charge is 2.26. The zero-order chi connectivity index (χ0) is 12.9. The molecular formula is C14H21BrO2. The summed E-state index contributed by atoms with van der Waals surface area (Å²) in [6.45, 7) is 6.58. The molecule has 2 unspecified atom stereocenters. The fourth-order valence-corrected chi connectivity index (χ4v) is 2.00. The maximum atomic E-state index is 10.2. The Labute approximate surface area is 112 Å². The van der Waals surface area contributed by atoms with Gasteiger partial charge in [0, 0.05) is 10.9 Å². The summed E-state index contributed by atoms with van der Waals surface area (Å²) in [6, 6.07) is 7.75. The van der Waals surface area contributed by atoms with Crippen molar-refractivity contribution in [2.24, 2.45) is 5.92 Å². The molecule has 1 N–H and O–H groups in total. The molecule has 0 heterocycles. The molecule has 2 nitrogen and oxygen atoms in total. The lowest BCUT2D eigenvalue weighted by molar-refractivity contribution is -0.0131. The summed E-state index contributed by atoms with van der Waals surface area (Å²) in [4.78, 5) is 0. The average molecular weight is 301 g/mol. The SMILES string of the molecule is CCC(C)C(C)(O)CCOc1cccc(Br)c1. The van der Waals surface area contributed by atoms with Gasteiger partial charge in [-0.1, -0.05) is 42.3 Å². The van der Waals surface area contributed by atoms with Crippen LogP contribution in [0.5, 0.6) is 5.75 Å². The van der Waals surface area contributed by atoms with Crippen molar-refractivity contribution >= 4 is 15.9 Å². The zero-order valence-electron chi connectivity index (χ0n) is 10.7. The molecule has 0 spiro atoms. The summed E-state index contributed by atoms with van der Waals surface area (Å²) < 4.78 is 6.63. The van der Waals surface area contributed by atoms with Crippen molar-refractivity contribution in [3.8, 4) is 5.75 Å². The Morgan fingerprint density at radius 1 is 1.47 bits per heavy atom. The molecule has 3 heteroatoms. The van der Waals surface area contributed by atoms with Crippen LogP contribution in [0.15, 0.2) is 28.7 Å². The second kappa shape index (κ2) is 6.41. The lowest BCUT2D eigenvalue weighted by Crippen LogP contribution is -2.34. The molecule has 0 aliphatic rings. The molecule has 0 aliphatic heterocycles. The number of hydrogen-bond donors (Lipinski definition) is 1. The van der Waals surface area contributed by atoms with Gasteiger partial charge < -0.3 is 9.84 Å². The molecule has 96 valence electrons. The second-order valence-electron chi connectivity index (χ2n) is 4.72. The van der Waals surface area contributed by atoms with Gasteiger partial charge in [-0.25, -0.2) is 0 Å². The third-order valence-corrected chi connectivity index (χ3v) is 3.84. The van der Waals surface area contributed by atoms with Crippen molar-refractivity contribution in [1.29, 1.82) is 0 Å². The van der Waals surface area contributed by atoms with Crippen molar-refractivity contribution in [2.45, 2.75) is 39.2 Å². The largest absolute Gasteiger partial charge is 0.493 e. The zero-order valence-corrected chi connectivity index (χ0v) is 12.3. The number of aliphatic hydroxyl groups is 1. The first kappa shape index (κ1) is 14.5. The van der Waals surface area contributed by atoms with Gasteiger partial charge in [0.1, 0.15) is 5.75 Å². The van der Waals surface area contributed by atoms with Crippen LogP contribution in [0.1, 0.15) is 33.6 Å². The maximum Gasteiger partial charge on any atom is 0.120 e. The topological polar surface area (TPSA) is 29.5 Å². The Morgan fingerprint density at radius 2 is 2.18 bits per heavy atom. The van der Waals surface area contributed by atoms with E-state index in [0.29, 0.717) is 13.0 Å². The van der Waals surface area contributed by atoms with E-state index in [1.807, 2.05) is 31.2 Å². The van der Waals surface area contributed by atoms with Gasteiger partial charge in [-0.05, 0) is 31.0 Å². The normalized spacial score (nSPS) is 16.3. The predicted octanol–water partition coefficient (Wildman–Crippen LogP) is 4.02. The van der Waals surface area contributed by atoms with Gasteiger partial charge in [-0.15, -0.1) is 0 Å². The van der Waals surface area contributed by atoms with Crippen LogP contribution < -0.4 is 4.74 Å². The number of ether oxygens (including phenoxy) is 1. The Morgan fingerprint density at radius 3 is 2.76 bits per heavy atom. The minimum Gasteiger partial charge on any atom is -0.493 e. The molecule has 0 amide bonds. The van der Waals surface area contributed by atoms with Crippen LogP contribution in [-0.2, 0) is 0 Å². The quantitative estimate of drug-likeness (QED) is 0.860. The third kappa shape index (κ3) is 4.68. The number of benzene rings is 1. The molecule has 0 bridgehead atoms. The second-order valence-corrected chi connectivity index (χ2v) is 5.64. The van der Waals surface area contributed by atoms with Crippen LogP contribution in [0.2, 0.25) is 0 Å². The van der Waals surface area contributed by atoms with Crippen LogP contribution in [0.25, 0.3) is 0 Å². The lowest BCUT2D eigenvalue weighted by Gasteiger charge is -2.29. The average Bonchev–Trinajstić information content (AvgIpc) is 2.27. The lowest BCUT2D eigenvalue weighted by atomic mass is 9.86. The number of halogens is 1. The van der Waals surface area contributed by atoms with E-state index in [-0.39, 0.29) is 5.92 Å². The highest BCUT2D eigenvalue weighted by atomic mass is 79.9. The first-order chi connectivity index (χ1) is 7.95. The van der Waals surface area contributed by atoms with Gasteiger partial charge in [0.25, 0.3) is 0 Å². The van der Waals surface area contributed by atoms with E-state index in [0.717, 1.165) is 16.6 Å². The van der Waals surface area contributed by atoms with E-state index in [4.69, 9.17) is 4.74 Å². The highest BCUT2D eigenvalue weighted by Crippen LogP contribution is 2.24. The third-order valence-electron chi connectivity index (χ3n) is 3.35. The summed E-state index contributed by atoms with van der Waals surface area (Å²) in [5.74, 6) is 1.12. The van der Waals surface area contributed by atoms with E-state index < -0.39 is 5.60 Å². The van der Waals surface area contributed by atoms with Gasteiger partial charge in [0.2, 0.25) is 0 Å². The maximum absolute atomic E-state index is 10.2. The van der Waals surface area contributed by atoms with E-state index >= 15 is 0 Å². The molecule has 1 aromatic carbocycles. The Hall–Kier alpha value is -0.540. The van der Waals surface area contributed by atoms with Gasteiger partial charge >= 0.3 is 0 Å². The van der Waals surface area contributed by atoms with Crippen LogP contribution in [-0.4, -0.2) is 17.3 Å². The first-order valence-electron chi connectivity index (χ1n) is 6.06. The Kier molecular flexibility index (Phi) is 5.47. The molecule has 0 saturated carbocycles. The molecule has 0 radical (unpaired) electrons. The Balaban J connectivity index is 2.42. The summed E-state index contributed by atoms with van der Waals surface area (Å²) in [5.41, 5.74) is -0.652. The van der Waals surface area contributed by atoms with Crippen molar-refractivity contribution in [2.75, 3.05) is 6.61 Å². The van der Waals surface area contributed by atoms with E-state index in [1.54, 1.807) is 0 Å². The molecule has 17 heavy (non-hydrogen) atoms. The van der Waals surface area contributed by atoms with Crippen LogP contribution in [0.3, 0.4) is 0 Å². The van der Waals surface area contributed by atoms with Gasteiger partial charge in [0.15, 0.2) is 0 Å². The smallest absolute Gasteiger partial charge is 0.120 e. The highest BCUT2D eigenvalue weighted by molar-refractivity contribution is 9.10. The van der Waals surface area contributed by atoms with Gasteiger partial charge in [0.05, 0.1) is 12.2 Å². The van der Waals surface area contributed by atoms with Crippen LogP contribution in [0.4, 0.5) is 0 Å². The van der Waals surface area contributed by atoms with Crippen molar-refractivity contribution in [3.63, 3.8) is 0 Å². The molecule has 1 rings (SSSR count). The fraction of sp³-hybridized carbons (Fsp3) is 0.571. The standard InChI is InChI=1S/C14H21BrO2/c1-4-11(2)14(3,16)8-9-17-13-7-5-6-12(15)10-13/h5-7,10-11,16H,4,8-9H2,1-3H3. The predicted molar refractivity (Wildman–Crippen MR) is 74.3 cm³/mol. The van der Waals surface area contributed by atoms with Crippen LogP contribution in [0, 0.1) is 5.92 Å². The van der Waals surface area contributed by atoms with Crippen molar-refractivity contribution in [3.05, 3.63) is 28.7 Å². The number of rotatable bonds is 6. The first-order valence-corrected chi connectivity index (χ1v) is 6.85. The van der Waals surface area contributed by atoms with Gasteiger partial charge in [-0.2, -0.15) is 0 Å². The molecule has 0 fully saturated rings. The molecular weight excluding hydrogens is 280 g/mol. The summed E-state index contributed by atoms with van der Waals surface area (Å²) >= 11 is 3.40. The van der Waals surface area contributed by atoms with Crippen molar-refractivity contribution in [1.82, 2.24) is 0 Å². The molecule has 0 aliphatic carbocycles. The minimum absolute atomic E-state index is 0.286. The van der Waals surface area contributed by atoms with Gasteiger partial charge in [-0.3, -0.25) is 0 Å².